The topological polar surface area (TPSA) is 56.3 Å². The molecular formula is C22H24FN3O2. The second-order valence-electron chi connectivity index (χ2n) is 7.06. The summed E-state index contributed by atoms with van der Waals surface area (Å²) in [4.78, 5) is 8.43. The summed E-state index contributed by atoms with van der Waals surface area (Å²) in [6, 6.07) is 13.2. The molecule has 2 aromatic carbocycles. The maximum atomic E-state index is 14.1. The van der Waals surface area contributed by atoms with Crippen LogP contribution in [-0.4, -0.2) is 36.3 Å². The number of hydrogen-bond donors (Lipinski definition) is 1. The van der Waals surface area contributed by atoms with Gasteiger partial charge in [-0.1, -0.05) is 18.2 Å². The van der Waals surface area contributed by atoms with Crippen LogP contribution < -0.4 is 10.1 Å². The number of benzene rings is 2. The van der Waals surface area contributed by atoms with E-state index in [9.17, 15) is 4.39 Å². The van der Waals surface area contributed by atoms with E-state index < -0.39 is 0 Å². The number of anilines is 1. The fraction of sp³-hybridized carbons (Fsp3) is 0.364. The van der Waals surface area contributed by atoms with Gasteiger partial charge in [0.25, 0.3) is 0 Å². The largest absolute Gasteiger partial charge is 0.494 e. The molecule has 1 aliphatic heterocycles. The summed E-state index contributed by atoms with van der Waals surface area (Å²) in [5.74, 6) is 1.19. The van der Waals surface area contributed by atoms with Crippen LogP contribution >= 0.6 is 0 Å². The Balaban J connectivity index is 1.62. The molecule has 2 heterocycles. The van der Waals surface area contributed by atoms with Gasteiger partial charge in [-0.3, -0.25) is 0 Å². The van der Waals surface area contributed by atoms with E-state index in [1.807, 2.05) is 25.1 Å². The summed E-state index contributed by atoms with van der Waals surface area (Å²) in [6.07, 6.45) is 3.22. The molecule has 1 aliphatic rings. The molecule has 0 spiro atoms. The quantitative estimate of drug-likeness (QED) is 0.689. The highest BCUT2D eigenvalue weighted by molar-refractivity contribution is 5.89. The lowest BCUT2D eigenvalue weighted by atomic mass is 9.74. The fourth-order valence-corrected chi connectivity index (χ4v) is 3.85. The first-order chi connectivity index (χ1) is 13.7. The smallest absolute Gasteiger partial charge is 0.149 e. The number of hydrogen-bond acceptors (Lipinski definition) is 5. The van der Waals surface area contributed by atoms with Crippen molar-refractivity contribution in [2.24, 2.45) is 0 Å². The van der Waals surface area contributed by atoms with Crippen LogP contribution in [0.5, 0.6) is 5.75 Å². The second kappa shape index (κ2) is 8.10. The van der Waals surface area contributed by atoms with Crippen LogP contribution in [0, 0.1) is 5.82 Å². The van der Waals surface area contributed by atoms with Gasteiger partial charge in [-0.2, -0.15) is 0 Å². The minimum absolute atomic E-state index is 0.0758. The van der Waals surface area contributed by atoms with Gasteiger partial charge in [0, 0.05) is 30.6 Å². The van der Waals surface area contributed by atoms with E-state index in [4.69, 9.17) is 9.47 Å². The zero-order chi connectivity index (χ0) is 19.4. The Hall–Kier alpha value is -2.73. The Morgan fingerprint density at radius 2 is 1.89 bits per heavy atom. The summed E-state index contributed by atoms with van der Waals surface area (Å²) in [7, 11) is 0. The molecule has 0 atom stereocenters. The Bertz CT molecular complexity index is 940. The molecule has 5 nitrogen and oxygen atoms in total. The van der Waals surface area contributed by atoms with Crippen molar-refractivity contribution >= 4 is 16.7 Å². The number of halogens is 1. The van der Waals surface area contributed by atoms with Gasteiger partial charge < -0.3 is 14.8 Å². The lowest BCUT2D eigenvalue weighted by Gasteiger charge is -2.38. The maximum Gasteiger partial charge on any atom is 0.149 e. The number of nitrogens with zero attached hydrogens (tertiary/aromatic N) is 2. The van der Waals surface area contributed by atoms with Crippen LogP contribution in [0.15, 0.2) is 48.8 Å². The second-order valence-corrected chi connectivity index (χ2v) is 7.06. The Kier molecular flexibility index (Phi) is 5.39. The molecule has 28 heavy (non-hydrogen) atoms. The van der Waals surface area contributed by atoms with Gasteiger partial charge in [-0.05, 0) is 49.6 Å². The number of para-hydroxylation sites is 1. The molecular weight excluding hydrogens is 357 g/mol. The third-order valence-electron chi connectivity index (χ3n) is 5.44. The van der Waals surface area contributed by atoms with E-state index >= 15 is 0 Å². The minimum Gasteiger partial charge on any atom is -0.494 e. The molecule has 6 heteroatoms. The van der Waals surface area contributed by atoms with Gasteiger partial charge >= 0.3 is 0 Å². The third kappa shape index (κ3) is 3.64. The van der Waals surface area contributed by atoms with Crippen LogP contribution in [0.2, 0.25) is 0 Å². The van der Waals surface area contributed by atoms with E-state index in [0.29, 0.717) is 43.1 Å². The minimum atomic E-state index is -0.338. The van der Waals surface area contributed by atoms with Crippen LogP contribution in [0.4, 0.5) is 10.2 Å². The number of rotatable bonds is 6. The van der Waals surface area contributed by atoms with Crippen molar-refractivity contribution in [2.75, 3.05) is 31.7 Å². The average Bonchev–Trinajstić information content (AvgIpc) is 2.74. The summed E-state index contributed by atoms with van der Waals surface area (Å²) >= 11 is 0. The van der Waals surface area contributed by atoms with Crippen molar-refractivity contribution in [3.8, 4) is 5.75 Å². The molecule has 1 saturated heterocycles. The molecule has 1 aromatic heterocycles. The molecule has 0 amide bonds. The summed E-state index contributed by atoms with van der Waals surface area (Å²) in [5, 5.41) is 4.15. The van der Waals surface area contributed by atoms with E-state index in [-0.39, 0.29) is 11.2 Å². The highest BCUT2D eigenvalue weighted by atomic mass is 19.1. The molecule has 0 unspecified atom stereocenters. The van der Waals surface area contributed by atoms with Crippen molar-refractivity contribution in [1.29, 1.82) is 0 Å². The maximum absolute atomic E-state index is 14.1. The first kappa shape index (κ1) is 18.6. The van der Waals surface area contributed by atoms with E-state index in [1.165, 1.54) is 18.0 Å². The van der Waals surface area contributed by atoms with E-state index in [2.05, 4.69) is 27.4 Å². The predicted molar refractivity (Wildman–Crippen MR) is 107 cm³/mol. The zero-order valence-corrected chi connectivity index (χ0v) is 16.0. The van der Waals surface area contributed by atoms with Crippen LogP contribution in [0.1, 0.15) is 25.3 Å². The number of nitrogens with one attached hydrogen (secondary N) is 1. The molecule has 0 saturated carbocycles. The van der Waals surface area contributed by atoms with Crippen molar-refractivity contribution < 1.29 is 13.9 Å². The standard InChI is InChI=1S/C22H24FN3O2/c1-2-28-17-8-6-16(7-9-17)22(10-12-27-13-11-22)14-24-21-18-4-3-5-19(23)20(18)25-15-26-21/h3-9,15H,2,10-14H2,1H3,(H,24,25,26). The van der Waals surface area contributed by atoms with Gasteiger partial charge in [-0.25, -0.2) is 14.4 Å². The van der Waals surface area contributed by atoms with E-state index in [1.54, 1.807) is 6.07 Å². The first-order valence-corrected chi connectivity index (χ1v) is 9.66. The summed E-state index contributed by atoms with van der Waals surface area (Å²) in [5.41, 5.74) is 1.51. The highest BCUT2D eigenvalue weighted by Crippen LogP contribution is 2.36. The van der Waals surface area contributed by atoms with Crippen molar-refractivity contribution in [3.05, 3.63) is 60.2 Å². The van der Waals surface area contributed by atoms with Crippen LogP contribution in [0.25, 0.3) is 10.9 Å². The lowest BCUT2D eigenvalue weighted by Crippen LogP contribution is -2.40. The predicted octanol–water partition coefficient (Wildman–Crippen LogP) is 4.33. The Morgan fingerprint density at radius 1 is 1.11 bits per heavy atom. The summed E-state index contributed by atoms with van der Waals surface area (Å²) < 4.78 is 25.3. The summed E-state index contributed by atoms with van der Waals surface area (Å²) in [6.45, 7) is 4.75. The molecule has 0 aliphatic carbocycles. The Morgan fingerprint density at radius 3 is 2.64 bits per heavy atom. The van der Waals surface area contributed by atoms with Gasteiger partial charge in [0.05, 0.1) is 6.61 Å². The number of fused-ring (bicyclic) bond motifs is 1. The molecule has 146 valence electrons. The molecule has 3 aromatic rings. The molecule has 1 fully saturated rings. The van der Waals surface area contributed by atoms with Gasteiger partial charge in [0.1, 0.15) is 29.2 Å². The van der Waals surface area contributed by atoms with Crippen molar-refractivity contribution in [1.82, 2.24) is 9.97 Å². The van der Waals surface area contributed by atoms with Crippen LogP contribution in [0.3, 0.4) is 0 Å². The van der Waals surface area contributed by atoms with Gasteiger partial charge in [0.2, 0.25) is 0 Å². The average molecular weight is 381 g/mol. The first-order valence-electron chi connectivity index (χ1n) is 9.66. The number of aromatic nitrogens is 2. The third-order valence-corrected chi connectivity index (χ3v) is 5.44. The molecule has 1 N–H and O–H groups in total. The van der Waals surface area contributed by atoms with E-state index in [0.717, 1.165) is 18.6 Å². The highest BCUT2D eigenvalue weighted by Gasteiger charge is 2.34. The number of ether oxygens (including phenoxy) is 2. The SMILES string of the molecule is CCOc1ccc(C2(CNc3ncnc4c(F)cccc34)CCOCC2)cc1. The normalized spacial score (nSPS) is 16.1. The van der Waals surface area contributed by atoms with Crippen molar-refractivity contribution in [3.63, 3.8) is 0 Å². The molecule has 4 rings (SSSR count). The van der Waals surface area contributed by atoms with Crippen LogP contribution in [-0.2, 0) is 10.2 Å². The monoisotopic (exact) mass is 381 g/mol. The molecule has 0 radical (unpaired) electrons. The lowest BCUT2D eigenvalue weighted by molar-refractivity contribution is 0.0543. The Labute approximate surface area is 163 Å². The van der Waals surface area contributed by atoms with Crippen molar-refractivity contribution in [2.45, 2.75) is 25.2 Å². The molecule has 0 bridgehead atoms. The zero-order valence-electron chi connectivity index (χ0n) is 16.0. The van der Waals surface area contributed by atoms with Gasteiger partial charge in [-0.15, -0.1) is 0 Å². The van der Waals surface area contributed by atoms with Gasteiger partial charge in [0.15, 0.2) is 0 Å². The fourth-order valence-electron chi connectivity index (χ4n) is 3.85.